The number of urea groups is 1. The molecule has 4 rings (SSSR count). The zero-order chi connectivity index (χ0) is 34.1. The molecule has 14 nitrogen and oxygen atoms in total. The first-order valence-electron chi connectivity index (χ1n) is 13.9. The van der Waals surface area contributed by atoms with Gasteiger partial charge in [0.15, 0.2) is 18.1 Å². The van der Waals surface area contributed by atoms with Gasteiger partial charge in [-0.3, -0.25) is 14.9 Å². The van der Waals surface area contributed by atoms with Crippen molar-refractivity contribution in [3.8, 4) is 17.2 Å². The highest BCUT2D eigenvalue weighted by atomic mass is 79.9. The molecule has 16 heteroatoms. The zero-order valence-electron chi connectivity index (χ0n) is 25.3. The van der Waals surface area contributed by atoms with E-state index in [2.05, 4.69) is 37.1 Å². The van der Waals surface area contributed by atoms with Crippen molar-refractivity contribution in [1.29, 1.82) is 0 Å². The van der Waals surface area contributed by atoms with Crippen molar-refractivity contribution in [2.75, 3.05) is 20.3 Å². The van der Waals surface area contributed by atoms with Crippen LogP contribution in [0.15, 0.2) is 75.4 Å². The molecule has 246 valence electrons. The molecule has 0 aromatic heterocycles. The second-order valence-electron chi connectivity index (χ2n) is 9.77. The largest absolute Gasteiger partial charge is 0.493 e. The van der Waals surface area contributed by atoms with Gasteiger partial charge in [-0.2, -0.15) is 5.10 Å². The Morgan fingerprint density at radius 3 is 2.62 bits per heavy atom. The minimum Gasteiger partial charge on any atom is -0.493 e. The number of nitrogens with zero attached hydrogens (tertiary/aromatic N) is 2. The Hall–Kier alpha value is -5.15. The summed E-state index contributed by atoms with van der Waals surface area (Å²) in [5.74, 6) is -0.759. The molecule has 1 heterocycles. The first-order chi connectivity index (χ1) is 22.5. The van der Waals surface area contributed by atoms with E-state index in [1.807, 2.05) is 0 Å². The van der Waals surface area contributed by atoms with Crippen molar-refractivity contribution in [2.24, 2.45) is 5.10 Å². The van der Waals surface area contributed by atoms with Gasteiger partial charge in [0.2, 0.25) is 5.75 Å². The molecule has 0 radical (unpaired) electrons. The molecule has 3 N–H and O–H groups in total. The Morgan fingerprint density at radius 1 is 1.15 bits per heavy atom. The molecule has 1 atom stereocenters. The fourth-order valence-electron chi connectivity index (χ4n) is 4.48. The monoisotopic (exact) mass is 729 g/mol. The van der Waals surface area contributed by atoms with Crippen molar-refractivity contribution in [1.82, 2.24) is 16.1 Å². The summed E-state index contributed by atoms with van der Waals surface area (Å²) in [5, 5.41) is 21.4. The van der Waals surface area contributed by atoms with Crippen LogP contribution in [0.3, 0.4) is 0 Å². The predicted molar refractivity (Wildman–Crippen MR) is 175 cm³/mol. The number of carbonyl (C=O) groups excluding carboxylic acids is 3. The van der Waals surface area contributed by atoms with Crippen LogP contribution in [-0.2, 0) is 20.9 Å². The van der Waals surface area contributed by atoms with Gasteiger partial charge in [-0.05, 0) is 59.6 Å². The van der Waals surface area contributed by atoms with Crippen molar-refractivity contribution >= 4 is 57.3 Å². The first kappa shape index (κ1) is 34.7. The van der Waals surface area contributed by atoms with Gasteiger partial charge in [0.1, 0.15) is 6.61 Å². The molecular weight excluding hydrogens is 702 g/mol. The quantitative estimate of drug-likeness (QED) is 0.0909. The number of benzene rings is 3. The van der Waals surface area contributed by atoms with Crippen LogP contribution in [0, 0.1) is 10.1 Å². The number of hydrogen-bond donors (Lipinski definition) is 3. The van der Waals surface area contributed by atoms with Crippen molar-refractivity contribution in [3.05, 3.63) is 102 Å². The highest BCUT2D eigenvalue weighted by Crippen LogP contribution is 2.37. The van der Waals surface area contributed by atoms with E-state index < -0.39 is 35.5 Å². The summed E-state index contributed by atoms with van der Waals surface area (Å²) < 4.78 is 22.2. The smallest absolute Gasteiger partial charge is 0.338 e. The minimum absolute atomic E-state index is 0.00952. The van der Waals surface area contributed by atoms with Crippen molar-refractivity contribution in [3.63, 3.8) is 0 Å². The highest BCUT2D eigenvalue weighted by molar-refractivity contribution is 9.10. The number of hydrazone groups is 1. The zero-order valence-corrected chi connectivity index (χ0v) is 27.6. The molecule has 0 unspecified atom stereocenters. The number of nitro benzene ring substituents is 1. The number of allylic oxidation sites excluding steroid dienone is 1. The maximum atomic E-state index is 12.6. The van der Waals surface area contributed by atoms with Crippen LogP contribution in [0.1, 0.15) is 36.6 Å². The molecule has 0 spiro atoms. The third-order valence-electron chi connectivity index (χ3n) is 6.62. The lowest BCUT2D eigenvalue weighted by molar-refractivity contribution is -0.386. The van der Waals surface area contributed by atoms with E-state index in [9.17, 15) is 24.5 Å². The Morgan fingerprint density at radius 2 is 1.91 bits per heavy atom. The standard InChI is InChI=1S/C31H29BrClN5O9/c1-4-45-30(40)27-17(2)35-31(41)36-28(27)19-9-10-24(25(13-19)44-3)46-16-26(39)37-34-14-18-11-21(32)29(23(12-18)38(42)43)47-15-20-7-5-6-8-22(20)33/h5-14,28H,4,15-16H2,1-3H3,(H,37,39)(H2,35,36,41)/b34-14+/t28-/m0/s1. The molecule has 1 aliphatic rings. The van der Waals surface area contributed by atoms with Crippen LogP contribution in [0.2, 0.25) is 5.02 Å². The number of carbonyl (C=O) groups is 3. The average molecular weight is 731 g/mol. The fraction of sp³-hybridized carbons (Fsp3) is 0.226. The number of halogens is 2. The fourth-order valence-corrected chi connectivity index (χ4v) is 5.25. The normalized spacial score (nSPS) is 14.2. The van der Waals surface area contributed by atoms with E-state index in [-0.39, 0.29) is 41.7 Å². The maximum Gasteiger partial charge on any atom is 0.338 e. The summed E-state index contributed by atoms with van der Waals surface area (Å²) in [5.41, 5.74) is 4.05. The second kappa shape index (κ2) is 15.9. The molecule has 3 aromatic rings. The van der Waals surface area contributed by atoms with Gasteiger partial charge in [-0.1, -0.05) is 35.9 Å². The molecule has 0 aliphatic carbocycles. The van der Waals surface area contributed by atoms with Gasteiger partial charge in [0, 0.05) is 27.9 Å². The summed E-state index contributed by atoms with van der Waals surface area (Å²) in [6.07, 6.45) is 1.23. The van der Waals surface area contributed by atoms with Crippen LogP contribution in [-0.4, -0.2) is 49.4 Å². The lowest BCUT2D eigenvalue weighted by atomic mass is 9.95. The third kappa shape index (κ3) is 8.77. The van der Waals surface area contributed by atoms with Crippen LogP contribution in [0.25, 0.3) is 0 Å². The topological polar surface area (TPSA) is 180 Å². The highest BCUT2D eigenvalue weighted by Gasteiger charge is 2.32. The summed E-state index contributed by atoms with van der Waals surface area (Å²) in [6, 6.07) is 13.2. The number of nitro groups is 1. The van der Waals surface area contributed by atoms with Crippen molar-refractivity contribution in [2.45, 2.75) is 26.5 Å². The third-order valence-corrected chi connectivity index (χ3v) is 7.58. The van der Waals surface area contributed by atoms with Gasteiger partial charge < -0.3 is 29.6 Å². The number of hydrogen-bond acceptors (Lipinski definition) is 10. The van der Waals surface area contributed by atoms with Gasteiger partial charge in [-0.25, -0.2) is 15.0 Å². The van der Waals surface area contributed by atoms with Gasteiger partial charge in [0.05, 0.1) is 40.9 Å². The Labute approximate surface area is 282 Å². The molecule has 3 amide bonds. The number of rotatable bonds is 13. The van der Waals surface area contributed by atoms with E-state index in [1.165, 1.54) is 25.5 Å². The van der Waals surface area contributed by atoms with Gasteiger partial charge in [0.25, 0.3) is 5.91 Å². The molecule has 47 heavy (non-hydrogen) atoms. The number of methoxy groups -OCH3 is 1. The number of esters is 1. The van der Waals surface area contributed by atoms with Crippen LogP contribution in [0.4, 0.5) is 10.5 Å². The molecule has 0 saturated carbocycles. The van der Waals surface area contributed by atoms with Crippen LogP contribution in [0.5, 0.6) is 17.2 Å². The van der Waals surface area contributed by atoms with E-state index in [4.69, 9.17) is 30.5 Å². The number of amides is 3. The lowest BCUT2D eigenvalue weighted by Gasteiger charge is -2.28. The minimum atomic E-state index is -0.817. The number of nitrogens with one attached hydrogen (secondary N) is 3. The average Bonchev–Trinajstić information content (AvgIpc) is 3.03. The molecule has 1 aliphatic heterocycles. The number of ether oxygens (including phenoxy) is 4. The van der Waals surface area contributed by atoms with E-state index in [0.717, 1.165) is 0 Å². The lowest BCUT2D eigenvalue weighted by Crippen LogP contribution is -2.45. The van der Waals surface area contributed by atoms with E-state index >= 15 is 0 Å². The first-order valence-corrected chi connectivity index (χ1v) is 15.1. The SMILES string of the molecule is CCOC(=O)C1=C(C)NC(=O)N[C@H]1c1ccc(OCC(=O)N/N=C/c2cc(Br)c(OCc3ccccc3Cl)c([N+](=O)[O-])c2)c(OC)c1. The second-order valence-corrected chi connectivity index (χ2v) is 11.0. The molecule has 0 fully saturated rings. The van der Waals surface area contributed by atoms with Crippen LogP contribution < -0.4 is 30.3 Å². The Balaban J connectivity index is 1.40. The Bertz CT molecular complexity index is 1770. The van der Waals surface area contributed by atoms with Crippen LogP contribution >= 0.6 is 27.5 Å². The molecular formula is C31H29BrClN5O9. The molecule has 3 aromatic carbocycles. The van der Waals surface area contributed by atoms with Gasteiger partial charge in [-0.15, -0.1) is 0 Å². The van der Waals surface area contributed by atoms with Gasteiger partial charge >= 0.3 is 17.7 Å². The summed E-state index contributed by atoms with van der Waals surface area (Å²) >= 11 is 9.46. The maximum absolute atomic E-state index is 12.6. The summed E-state index contributed by atoms with van der Waals surface area (Å²) in [6.45, 7) is 2.99. The van der Waals surface area contributed by atoms with E-state index in [1.54, 1.807) is 56.3 Å². The summed E-state index contributed by atoms with van der Waals surface area (Å²) in [4.78, 5) is 48.4. The molecule has 0 bridgehead atoms. The Kier molecular flexibility index (Phi) is 11.8. The predicted octanol–water partition coefficient (Wildman–Crippen LogP) is 5.32. The van der Waals surface area contributed by atoms with E-state index in [0.29, 0.717) is 31.9 Å². The summed E-state index contributed by atoms with van der Waals surface area (Å²) in [7, 11) is 1.40. The molecule has 0 saturated heterocycles. The van der Waals surface area contributed by atoms with Crippen molar-refractivity contribution < 1.29 is 38.3 Å².